The number of aliphatic carboxylic acids is 1. The quantitative estimate of drug-likeness (QED) is 0.810. The zero-order valence-electron chi connectivity index (χ0n) is 10.5. The van der Waals surface area contributed by atoms with Gasteiger partial charge in [0.05, 0.1) is 14.2 Å². The fourth-order valence-electron chi connectivity index (χ4n) is 2.32. The van der Waals surface area contributed by atoms with Crippen molar-refractivity contribution in [2.75, 3.05) is 0 Å². The van der Waals surface area contributed by atoms with Crippen LogP contribution in [0.5, 0.6) is 0 Å². The molecule has 1 saturated carbocycles. The van der Waals surface area contributed by atoms with Crippen LogP contribution in [-0.4, -0.2) is 25.5 Å². The van der Waals surface area contributed by atoms with Crippen molar-refractivity contribution in [3.8, 4) is 0 Å². The molecule has 0 amide bonds. The normalized spacial score (nSPS) is 26.9. The molecule has 0 aromatic carbocycles. The van der Waals surface area contributed by atoms with Crippen LogP contribution in [0.25, 0.3) is 0 Å². The molecule has 20 heavy (non-hydrogen) atoms. The molecule has 1 fully saturated rings. The van der Waals surface area contributed by atoms with E-state index in [4.69, 9.17) is 11.6 Å². The third kappa shape index (κ3) is 2.89. The predicted molar refractivity (Wildman–Crippen MR) is 80.7 cm³/mol. The van der Waals surface area contributed by atoms with E-state index in [1.54, 1.807) is 6.92 Å². The summed E-state index contributed by atoms with van der Waals surface area (Å²) in [7, 11) is -3.76. The number of sulfonamides is 1. The minimum absolute atomic E-state index is 0.0778. The van der Waals surface area contributed by atoms with Crippen LogP contribution in [0.4, 0.5) is 0 Å². The first-order valence-corrected chi connectivity index (χ1v) is 9.34. The lowest BCUT2D eigenvalue weighted by Crippen LogP contribution is -2.46. The molecule has 1 aliphatic carbocycles. The summed E-state index contributed by atoms with van der Waals surface area (Å²) in [5, 5.41) is 9.62. The fraction of sp³-hybridized carbons (Fsp3) is 0.545. The number of halogens is 2. The van der Waals surface area contributed by atoms with E-state index in [9.17, 15) is 18.3 Å². The molecule has 5 nitrogen and oxygen atoms in total. The van der Waals surface area contributed by atoms with Gasteiger partial charge in [0.15, 0.2) is 0 Å². The van der Waals surface area contributed by atoms with Crippen molar-refractivity contribution in [2.24, 2.45) is 5.41 Å². The number of hydrogen-bond donors (Lipinski definition) is 2. The molecule has 2 unspecified atom stereocenters. The monoisotopic (exact) mass is 401 g/mol. The molecule has 0 spiro atoms. The Morgan fingerprint density at radius 3 is 2.80 bits per heavy atom. The fourth-order valence-corrected chi connectivity index (χ4v) is 6.11. The van der Waals surface area contributed by atoms with Crippen molar-refractivity contribution >= 4 is 54.9 Å². The molecule has 1 aliphatic rings. The molecule has 2 rings (SSSR count). The highest BCUT2D eigenvalue weighted by molar-refractivity contribution is 9.11. The second kappa shape index (κ2) is 5.57. The molecule has 0 saturated heterocycles. The Labute approximate surface area is 134 Å². The Kier molecular flexibility index (Phi) is 4.52. The Morgan fingerprint density at radius 2 is 2.30 bits per heavy atom. The zero-order chi connectivity index (χ0) is 15.1. The highest BCUT2D eigenvalue weighted by Gasteiger charge is 2.47. The van der Waals surface area contributed by atoms with E-state index in [-0.39, 0.29) is 4.21 Å². The average Bonchev–Trinajstić information content (AvgIpc) is 2.86. The first-order chi connectivity index (χ1) is 9.17. The predicted octanol–water partition coefficient (Wildman–Crippen LogP) is 3.09. The van der Waals surface area contributed by atoms with Gasteiger partial charge in [0.2, 0.25) is 10.0 Å². The minimum Gasteiger partial charge on any atom is -0.481 e. The van der Waals surface area contributed by atoms with Crippen LogP contribution in [0, 0.1) is 5.41 Å². The minimum atomic E-state index is -3.76. The van der Waals surface area contributed by atoms with Gasteiger partial charge in [0.1, 0.15) is 4.21 Å². The number of hydrogen-bond acceptors (Lipinski definition) is 4. The van der Waals surface area contributed by atoms with Crippen molar-refractivity contribution in [2.45, 2.75) is 36.4 Å². The van der Waals surface area contributed by atoms with E-state index in [1.165, 1.54) is 6.07 Å². The molecular formula is C11H13BrClNO4S2. The van der Waals surface area contributed by atoms with Crippen LogP contribution in [0.1, 0.15) is 26.2 Å². The Morgan fingerprint density at radius 1 is 1.65 bits per heavy atom. The Hall–Kier alpha value is -0.150. The molecule has 0 radical (unpaired) electrons. The maximum atomic E-state index is 12.3. The third-order valence-electron chi connectivity index (χ3n) is 3.63. The summed E-state index contributed by atoms with van der Waals surface area (Å²) in [5.74, 6) is -0.979. The molecule has 2 N–H and O–H groups in total. The number of rotatable bonds is 4. The topological polar surface area (TPSA) is 83.5 Å². The van der Waals surface area contributed by atoms with Gasteiger partial charge in [-0.3, -0.25) is 4.79 Å². The van der Waals surface area contributed by atoms with E-state index < -0.39 is 27.4 Å². The molecule has 1 aromatic heterocycles. The molecule has 9 heteroatoms. The summed E-state index contributed by atoms with van der Waals surface area (Å²) in [4.78, 5) is 11.4. The first kappa shape index (κ1) is 16.2. The molecule has 112 valence electrons. The van der Waals surface area contributed by atoms with E-state index >= 15 is 0 Å². The molecule has 1 aromatic rings. The lowest BCUT2D eigenvalue weighted by Gasteiger charge is -2.27. The number of thiophene rings is 1. The summed E-state index contributed by atoms with van der Waals surface area (Å²) < 4.78 is 27.7. The molecule has 1 heterocycles. The highest BCUT2D eigenvalue weighted by atomic mass is 79.9. The molecule has 0 aliphatic heterocycles. The van der Waals surface area contributed by atoms with Crippen LogP contribution in [0.15, 0.2) is 14.1 Å². The van der Waals surface area contributed by atoms with Gasteiger partial charge >= 0.3 is 5.97 Å². The maximum absolute atomic E-state index is 12.3. The second-order valence-corrected chi connectivity index (χ2v) is 9.69. The van der Waals surface area contributed by atoms with Crippen molar-refractivity contribution in [1.82, 2.24) is 4.72 Å². The maximum Gasteiger partial charge on any atom is 0.310 e. The second-order valence-electron chi connectivity index (χ2n) is 4.98. The Bertz CT molecular complexity index is 625. The summed E-state index contributed by atoms with van der Waals surface area (Å²) in [6.07, 6.45) is 1.66. The van der Waals surface area contributed by atoms with Gasteiger partial charge < -0.3 is 5.11 Å². The zero-order valence-corrected chi connectivity index (χ0v) is 14.5. The standard InChI is InChI=1S/C11H13BrClNO4S2/c1-11(10(15)16)4-2-3-7(11)14-20(17,18)8-5-6(13)9(12)19-8/h5,7,14H,2-4H2,1H3,(H,15,16). The van der Waals surface area contributed by atoms with Crippen LogP contribution in [0.3, 0.4) is 0 Å². The van der Waals surface area contributed by atoms with Gasteiger partial charge in [-0.25, -0.2) is 13.1 Å². The van der Waals surface area contributed by atoms with Crippen LogP contribution >= 0.6 is 38.9 Å². The lowest BCUT2D eigenvalue weighted by molar-refractivity contribution is -0.148. The average molecular weight is 403 g/mol. The summed E-state index contributed by atoms with van der Waals surface area (Å²) in [6.45, 7) is 1.58. The van der Waals surface area contributed by atoms with Crippen molar-refractivity contribution in [1.29, 1.82) is 0 Å². The summed E-state index contributed by atoms with van der Waals surface area (Å²) >= 11 is 10.0. The van der Waals surface area contributed by atoms with Crippen LogP contribution in [-0.2, 0) is 14.8 Å². The first-order valence-electron chi connectivity index (χ1n) is 5.87. The number of carboxylic acid groups (broad SMARTS) is 1. The van der Waals surface area contributed by atoms with E-state index in [0.717, 1.165) is 11.3 Å². The third-order valence-corrected chi connectivity index (χ3v) is 8.05. The molecule has 2 atom stereocenters. The van der Waals surface area contributed by atoms with Gasteiger partial charge in [0.25, 0.3) is 0 Å². The van der Waals surface area contributed by atoms with E-state index in [1.807, 2.05) is 0 Å². The number of nitrogens with one attached hydrogen (secondary N) is 1. The van der Waals surface area contributed by atoms with Crippen molar-refractivity contribution in [3.05, 3.63) is 14.9 Å². The van der Waals surface area contributed by atoms with Gasteiger partial charge in [0, 0.05) is 6.04 Å². The smallest absolute Gasteiger partial charge is 0.310 e. The largest absolute Gasteiger partial charge is 0.481 e. The van der Waals surface area contributed by atoms with Crippen molar-refractivity contribution < 1.29 is 18.3 Å². The lowest BCUT2D eigenvalue weighted by atomic mass is 9.85. The van der Waals surface area contributed by atoms with E-state index in [0.29, 0.717) is 28.1 Å². The van der Waals surface area contributed by atoms with Gasteiger partial charge in [-0.15, -0.1) is 11.3 Å². The van der Waals surface area contributed by atoms with E-state index in [2.05, 4.69) is 20.7 Å². The van der Waals surface area contributed by atoms with Gasteiger partial charge in [-0.2, -0.15) is 0 Å². The van der Waals surface area contributed by atoms with Crippen LogP contribution < -0.4 is 4.72 Å². The number of carboxylic acids is 1. The Balaban J connectivity index is 2.27. The van der Waals surface area contributed by atoms with Crippen LogP contribution in [0.2, 0.25) is 5.02 Å². The van der Waals surface area contributed by atoms with Crippen molar-refractivity contribution in [3.63, 3.8) is 0 Å². The molecule has 0 bridgehead atoms. The van der Waals surface area contributed by atoms with Gasteiger partial charge in [-0.05, 0) is 41.8 Å². The van der Waals surface area contributed by atoms with Gasteiger partial charge in [-0.1, -0.05) is 18.0 Å². The summed E-state index contributed by atoms with van der Waals surface area (Å²) in [6, 6.07) is 0.746. The number of carbonyl (C=O) groups is 1. The molecular weight excluding hydrogens is 390 g/mol. The highest BCUT2D eigenvalue weighted by Crippen LogP contribution is 2.40. The SMILES string of the molecule is CC1(C(=O)O)CCCC1NS(=O)(=O)c1cc(Cl)c(Br)s1. The summed E-state index contributed by atoms with van der Waals surface area (Å²) in [5.41, 5.74) is -1.06.